The van der Waals surface area contributed by atoms with Crippen molar-refractivity contribution in [1.29, 1.82) is 0 Å². The number of azo groups is 1. The van der Waals surface area contributed by atoms with E-state index in [1.807, 2.05) is 42.5 Å². The summed E-state index contributed by atoms with van der Waals surface area (Å²) in [5.41, 5.74) is 7.30. The first kappa shape index (κ1) is 22.2. The quantitative estimate of drug-likeness (QED) is 0.238. The minimum absolute atomic E-state index is 0.252. The summed E-state index contributed by atoms with van der Waals surface area (Å²) in [6, 6.07) is 47.7. The molecule has 0 radical (unpaired) electrons. The van der Waals surface area contributed by atoms with Crippen LogP contribution in [0.2, 0.25) is 0 Å². The van der Waals surface area contributed by atoms with Gasteiger partial charge in [-0.3, -0.25) is 0 Å². The summed E-state index contributed by atoms with van der Waals surface area (Å²) in [5.74, 6) is 1.67. The Hall–Kier alpha value is -5.02. The fraction of sp³-hybridized carbons (Fsp3) is 0.0286. The van der Waals surface area contributed by atoms with Crippen LogP contribution in [-0.2, 0) is 0 Å². The monoisotopic (exact) mass is 488 g/mol. The first-order valence-electron chi connectivity index (χ1n) is 12.8. The Kier molecular flexibility index (Phi) is 5.52. The Bertz CT molecular complexity index is 1800. The summed E-state index contributed by atoms with van der Waals surface area (Å²) in [5, 5.41) is 11.6. The van der Waals surface area contributed by atoms with Crippen LogP contribution in [0.1, 0.15) is 22.9 Å². The molecular formula is C35H24N2O. The second-order valence-corrected chi connectivity index (χ2v) is 9.37. The van der Waals surface area contributed by atoms with Gasteiger partial charge in [-0.05, 0) is 16.7 Å². The minimum atomic E-state index is -0.252. The molecule has 3 nitrogen and oxygen atoms in total. The normalized spacial score (nSPS) is 14.9. The van der Waals surface area contributed by atoms with E-state index >= 15 is 0 Å². The summed E-state index contributed by atoms with van der Waals surface area (Å²) in [6.07, 6.45) is 0. The van der Waals surface area contributed by atoms with E-state index in [1.165, 1.54) is 0 Å². The van der Waals surface area contributed by atoms with Gasteiger partial charge in [0, 0.05) is 21.9 Å². The number of hydrogen-bond donors (Lipinski definition) is 0. The minimum Gasteiger partial charge on any atom is -0.455 e. The van der Waals surface area contributed by atoms with E-state index in [0.29, 0.717) is 0 Å². The number of benzene rings is 5. The molecule has 0 saturated heterocycles. The molecule has 180 valence electrons. The molecule has 1 aromatic heterocycles. The lowest BCUT2D eigenvalue weighted by molar-refractivity contribution is 0.568. The third-order valence-electron chi connectivity index (χ3n) is 7.09. The van der Waals surface area contributed by atoms with Crippen LogP contribution < -0.4 is 0 Å². The van der Waals surface area contributed by atoms with Gasteiger partial charge in [0.2, 0.25) is 0 Å². The number of fused-ring (bicyclic) bond motifs is 1. The van der Waals surface area contributed by atoms with Crippen molar-refractivity contribution in [2.24, 2.45) is 10.2 Å². The van der Waals surface area contributed by atoms with Crippen LogP contribution in [0.5, 0.6) is 0 Å². The lowest BCUT2D eigenvalue weighted by Gasteiger charge is -2.12. The van der Waals surface area contributed by atoms with Crippen molar-refractivity contribution in [2.45, 2.75) is 6.04 Å². The standard InChI is InChI=1S/C35H24N2O/c1-4-14-24(15-5-1)27-20-10-11-21-28(27)34-29-22-12-13-23-30(29)35(38-34)31-32(25-16-6-2-7-17-25)36-37-33(31)26-18-8-3-9-19-26/h1-23,32H. The third kappa shape index (κ3) is 3.77. The predicted molar refractivity (Wildman–Crippen MR) is 154 cm³/mol. The van der Waals surface area contributed by atoms with Gasteiger partial charge in [-0.15, -0.1) is 0 Å². The topological polar surface area (TPSA) is 37.9 Å². The van der Waals surface area contributed by atoms with Crippen molar-refractivity contribution in [1.82, 2.24) is 0 Å². The molecule has 2 heterocycles. The zero-order valence-corrected chi connectivity index (χ0v) is 20.7. The molecule has 1 aliphatic rings. The molecule has 1 aliphatic heterocycles. The van der Waals surface area contributed by atoms with E-state index in [2.05, 4.69) is 97.1 Å². The highest BCUT2D eigenvalue weighted by Crippen LogP contribution is 2.49. The van der Waals surface area contributed by atoms with Crippen LogP contribution in [0.15, 0.2) is 154 Å². The van der Waals surface area contributed by atoms with Crippen molar-refractivity contribution in [3.05, 3.63) is 156 Å². The van der Waals surface area contributed by atoms with Gasteiger partial charge in [0.1, 0.15) is 23.3 Å². The van der Waals surface area contributed by atoms with E-state index < -0.39 is 0 Å². The van der Waals surface area contributed by atoms with Crippen LogP contribution in [0, 0.1) is 0 Å². The maximum absolute atomic E-state index is 6.92. The molecule has 6 aromatic rings. The molecule has 0 spiro atoms. The first-order valence-corrected chi connectivity index (χ1v) is 12.8. The van der Waals surface area contributed by atoms with Gasteiger partial charge < -0.3 is 4.42 Å². The summed E-state index contributed by atoms with van der Waals surface area (Å²) in [4.78, 5) is 0. The zero-order chi connectivity index (χ0) is 25.3. The van der Waals surface area contributed by atoms with E-state index in [-0.39, 0.29) is 6.04 Å². The average Bonchev–Trinajstić information content (AvgIpc) is 3.61. The molecule has 7 rings (SSSR count). The average molecular weight is 489 g/mol. The Morgan fingerprint density at radius 3 is 1.68 bits per heavy atom. The molecule has 38 heavy (non-hydrogen) atoms. The van der Waals surface area contributed by atoms with E-state index in [9.17, 15) is 0 Å². The molecule has 0 saturated carbocycles. The molecule has 0 bridgehead atoms. The van der Waals surface area contributed by atoms with Gasteiger partial charge in [0.15, 0.2) is 0 Å². The molecule has 0 aliphatic carbocycles. The zero-order valence-electron chi connectivity index (χ0n) is 20.7. The largest absolute Gasteiger partial charge is 0.455 e. The highest BCUT2D eigenvalue weighted by Gasteiger charge is 2.32. The summed E-state index contributed by atoms with van der Waals surface area (Å²) in [6.45, 7) is 0. The first-order chi connectivity index (χ1) is 18.9. The molecule has 0 N–H and O–H groups in total. The SMILES string of the molecule is c1ccc(C2=C(c3oc(-c4ccccc4-c4ccccc4)c4ccccc34)C(c3ccccc3)N=N2)cc1. The smallest absolute Gasteiger partial charge is 0.143 e. The lowest BCUT2D eigenvalue weighted by Crippen LogP contribution is -1.97. The van der Waals surface area contributed by atoms with Gasteiger partial charge in [-0.25, -0.2) is 0 Å². The van der Waals surface area contributed by atoms with Crippen molar-refractivity contribution in [2.75, 3.05) is 0 Å². The number of rotatable bonds is 5. The summed E-state index contributed by atoms with van der Waals surface area (Å²) >= 11 is 0. The van der Waals surface area contributed by atoms with Gasteiger partial charge in [0.05, 0.1) is 5.57 Å². The van der Waals surface area contributed by atoms with Crippen LogP contribution >= 0.6 is 0 Å². The van der Waals surface area contributed by atoms with Crippen molar-refractivity contribution < 1.29 is 4.42 Å². The second-order valence-electron chi connectivity index (χ2n) is 9.37. The molecule has 0 amide bonds. The number of nitrogens with zero attached hydrogens (tertiary/aromatic N) is 2. The Morgan fingerprint density at radius 1 is 0.474 bits per heavy atom. The van der Waals surface area contributed by atoms with Gasteiger partial charge in [0.25, 0.3) is 0 Å². The second kappa shape index (κ2) is 9.45. The highest BCUT2D eigenvalue weighted by molar-refractivity contribution is 6.07. The maximum atomic E-state index is 6.92. The fourth-order valence-corrected chi connectivity index (χ4v) is 5.31. The van der Waals surface area contributed by atoms with Crippen molar-refractivity contribution >= 4 is 22.0 Å². The molecule has 0 fully saturated rings. The fourth-order valence-electron chi connectivity index (χ4n) is 5.31. The molecule has 1 atom stereocenters. The lowest BCUT2D eigenvalue weighted by atomic mass is 9.92. The Balaban J connectivity index is 1.50. The Morgan fingerprint density at radius 2 is 1.00 bits per heavy atom. The number of furan rings is 1. The van der Waals surface area contributed by atoms with Crippen LogP contribution in [0.4, 0.5) is 0 Å². The Labute approximate surface area is 221 Å². The van der Waals surface area contributed by atoms with E-state index in [4.69, 9.17) is 14.6 Å². The van der Waals surface area contributed by atoms with Crippen LogP contribution in [0.25, 0.3) is 44.5 Å². The summed E-state index contributed by atoms with van der Waals surface area (Å²) < 4.78 is 6.92. The third-order valence-corrected chi connectivity index (χ3v) is 7.09. The van der Waals surface area contributed by atoms with Gasteiger partial charge in [-0.1, -0.05) is 140 Å². The highest BCUT2D eigenvalue weighted by atomic mass is 16.3. The molecule has 5 aromatic carbocycles. The van der Waals surface area contributed by atoms with E-state index in [0.717, 1.165) is 61.4 Å². The molecular weight excluding hydrogens is 464 g/mol. The van der Waals surface area contributed by atoms with Crippen LogP contribution in [0.3, 0.4) is 0 Å². The summed E-state index contributed by atoms with van der Waals surface area (Å²) in [7, 11) is 0. The molecule has 1 unspecified atom stereocenters. The predicted octanol–water partition coefficient (Wildman–Crippen LogP) is 9.84. The van der Waals surface area contributed by atoms with Gasteiger partial charge in [-0.2, -0.15) is 10.2 Å². The van der Waals surface area contributed by atoms with Gasteiger partial charge >= 0.3 is 0 Å². The molecule has 3 heteroatoms. The van der Waals surface area contributed by atoms with Crippen LogP contribution in [-0.4, -0.2) is 0 Å². The van der Waals surface area contributed by atoms with Crippen molar-refractivity contribution in [3.8, 4) is 22.5 Å². The van der Waals surface area contributed by atoms with E-state index in [1.54, 1.807) is 0 Å². The number of hydrogen-bond acceptors (Lipinski definition) is 3. The van der Waals surface area contributed by atoms with Crippen molar-refractivity contribution in [3.63, 3.8) is 0 Å². The maximum Gasteiger partial charge on any atom is 0.143 e.